The largest absolute Gasteiger partial charge is 0.0622 e. The van der Waals surface area contributed by atoms with E-state index in [9.17, 15) is 0 Å². The molecule has 0 aliphatic heterocycles. The van der Waals surface area contributed by atoms with E-state index in [1.165, 1.54) is 31.2 Å². The third kappa shape index (κ3) is 2.73. The van der Waals surface area contributed by atoms with Crippen LogP contribution >= 0.6 is 0 Å². The van der Waals surface area contributed by atoms with Gasteiger partial charge < -0.3 is 0 Å². The fourth-order valence-corrected chi connectivity index (χ4v) is 4.11. The van der Waals surface area contributed by atoms with Crippen LogP contribution < -0.4 is 0 Å². The molecule has 0 heterocycles. The smallest absolute Gasteiger partial charge is 0.0279 e. The zero-order valence-corrected chi connectivity index (χ0v) is 10.8. The van der Waals surface area contributed by atoms with Crippen molar-refractivity contribution in [1.82, 2.24) is 0 Å². The van der Waals surface area contributed by atoms with Crippen LogP contribution in [0.3, 0.4) is 0 Å². The number of hydrogen-bond donors (Lipinski definition) is 0. The molecular formula is C17H24. The van der Waals surface area contributed by atoms with E-state index in [1.807, 2.05) is 0 Å². The Morgan fingerprint density at radius 2 is 1.82 bits per heavy atom. The number of fused-ring (bicyclic) bond motifs is 2. The summed E-state index contributed by atoms with van der Waals surface area (Å²) in [7, 11) is 0. The van der Waals surface area contributed by atoms with Crippen LogP contribution in [0, 0.1) is 17.8 Å². The molecule has 0 N–H and O–H groups in total. The minimum Gasteiger partial charge on any atom is -0.0622 e. The van der Waals surface area contributed by atoms with Gasteiger partial charge in [-0.25, -0.2) is 0 Å². The molecule has 0 amide bonds. The summed E-state index contributed by atoms with van der Waals surface area (Å²) in [4.78, 5) is 0. The first-order valence-corrected chi connectivity index (χ1v) is 7.46. The zero-order chi connectivity index (χ0) is 11.5. The van der Waals surface area contributed by atoms with Gasteiger partial charge in [-0.1, -0.05) is 49.6 Å². The van der Waals surface area contributed by atoms with Crippen molar-refractivity contribution in [1.29, 1.82) is 0 Å². The minimum absolute atomic E-state index is 1.10. The second-order valence-electron chi connectivity index (χ2n) is 6.17. The lowest BCUT2D eigenvalue weighted by Crippen LogP contribution is -2.10. The van der Waals surface area contributed by atoms with E-state index >= 15 is 0 Å². The summed E-state index contributed by atoms with van der Waals surface area (Å²) in [5.74, 6) is 3.35. The summed E-state index contributed by atoms with van der Waals surface area (Å²) in [5, 5.41) is 0. The Kier molecular flexibility index (Phi) is 3.49. The standard InChI is InChI=1S/C17H24/c1-2-6-14(7-3-1)8-4-5-9-16-12-15-10-11-17(16)13-15/h1-3,6-7,15-17H,4-5,8-13H2. The Labute approximate surface area is 105 Å². The highest BCUT2D eigenvalue weighted by Gasteiger charge is 2.38. The maximum atomic E-state index is 2.26. The van der Waals surface area contributed by atoms with Crippen molar-refractivity contribution in [3.63, 3.8) is 0 Å². The van der Waals surface area contributed by atoms with Crippen LogP contribution in [0.2, 0.25) is 0 Å². The summed E-state index contributed by atoms with van der Waals surface area (Å²) in [6.45, 7) is 0. The number of benzene rings is 1. The van der Waals surface area contributed by atoms with Gasteiger partial charge in [0.2, 0.25) is 0 Å². The van der Waals surface area contributed by atoms with Gasteiger partial charge in [0, 0.05) is 0 Å². The second-order valence-corrected chi connectivity index (χ2v) is 6.17. The van der Waals surface area contributed by atoms with Crippen LogP contribution in [0.1, 0.15) is 50.5 Å². The Morgan fingerprint density at radius 1 is 0.941 bits per heavy atom. The molecule has 2 fully saturated rings. The highest BCUT2D eigenvalue weighted by molar-refractivity contribution is 5.14. The lowest BCUT2D eigenvalue weighted by atomic mass is 9.85. The fraction of sp³-hybridized carbons (Fsp3) is 0.647. The first-order chi connectivity index (χ1) is 8.42. The van der Waals surface area contributed by atoms with Crippen molar-refractivity contribution in [2.45, 2.75) is 51.4 Å². The van der Waals surface area contributed by atoms with Crippen molar-refractivity contribution >= 4 is 0 Å². The third-order valence-corrected chi connectivity index (χ3v) is 5.02. The topological polar surface area (TPSA) is 0 Å². The average Bonchev–Trinajstić information content (AvgIpc) is 2.98. The van der Waals surface area contributed by atoms with E-state index in [-0.39, 0.29) is 0 Å². The molecule has 0 saturated heterocycles. The van der Waals surface area contributed by atoms with Gasteiger partial charge in [0.1, 0.15) is 0 Å². The van der Waals surface area contributed by atoms with E-state index in [0.29, 0.717) is 0 Å². The molecule has 3 rings (SSSR count). The summed E-state index contributed by atoms with van der Waals surface area (Å²) < 4.78 is 0. The third-order valence-electron chi connectivity index (χ3n) is 5.02. The quantitative estimate of drug-likeness (QED) is 0.633. The number of aryl methyl sites for hydroxylation is 1. The van der Waals surface area contributed by atoms with E-state index in [2.05, 4.69) is 30.3 Å². The monoisotopic (exact) mass is 228 g/mol. The summed E-state index contributed by atoms with van der Waals surface area (Å²) in [5.41, 5.74) is 1.51. The molecule has 2 aliphatic carbocycles. The Hall–Kier alpha value is -0.780. The van der Waals surface area contributed by atoms with Crippen LogP contribution in [-0.4, -0.2) is 0 Å². The molecule has 17 heavy (non-hydrogen) atoms. The van der Waals surface area contributed by atoms with Gasteiger partial charge in [0.05, 0.1) is 0 Å². The number of hydrogen-bond acceptors (Lipinski definition) is 0. The molecule has 2 bridgehead atoms. The van der Waals surface area contributed by atoms with Gasteiger partial charge in [-0.2, -0.15) is 0 Å². The Balaban J connectivity index is 1.36. The molecule has 1 aromatic carbocycles. The normalized spacial score (nSPS) is 30.9. The molecule has 0 spiro atoms. The van der Waals surface area contributed by atoms with Gasteiger partial charge in [-0.15, -0.1) is 0 Å². The van der Waals surface area contributed by atoms with Crippen molar-refractivity contribution in [2.75, 3.05) is 0 Å². The Morgan fingerprint density at radius 3 is 2.53 bits per heavy atom. The first-order valence-electron chi connectivity index (χ1n) is 7.46. The van der Waals surface area contributed by atoms with Gasteiger partial charge in [-0.3, -0.25) is 0 Å². The molecule has 0 nitrogen and oxygen atoms in total. The van der Waals surface area contributed by atoms with Crippen molar-refractivity contribution in [3.8, 4) is 0 Å². The Bertz CT molecular complexity index is 340. The van der Waals surface area contributed by atoms with Crippen LogP contribution in [-0.2, 0) is 6.42 Å². The molecule has 0 radical (unpaired) electrons. The number of rotatable bonds is 5. The van der Waals surface area contributed by atoms with Crippen molar-refractivity contribution < 1.29 is 0 Å². The average molecular weight is 228 g/mol. The molecule has 0 heteroatoms. The molecular weight excluding hydrogens is 204 g/mol. The summed E-state index contributed by atoms with van der Waals surface area (Å²) >= 11 is 0. The van der Waals surface area contributed by atoms with Crippen LogP contribution in [0.25, 0.3) is 0 Å². The molecule has 0 aromatic heterocycles. The molecule has 1 aromatic rings. The van der Waals surface area contributed by atoms with Crippen molar-refractivity contribution in [3.05, 3.63) is 35.9 Å². The second kappa shape index (κ2) is 5.25. The highest BCUT2D eigenvalue weighted by Crippen LogP contribution is 2.49. The van der Waals surface area contributed by atoms with E-state index in [0.717, 1.165) is 17.8 Å². The van der Waals surface area contributed by atoms with Crippen molar-refractivity contribution in [2.24, 2.45) is 17.8 Å². The van der Waals surface area contributed by atoms with Gasteiger partial charge >= 0.3 is 0 Å². The number of unbranched alkanes of at least 4 members (excludes halogenated alkanes) is 1. The molecule has 2 saturated carbocycles. The first kappa shape index (κ1) is 11.3. The van der Waals surface area contributed by atoms with Gasteiger partial charge in [-0.05, 0) is 55.4 Å². The van der Waals surface area contributed by atoms with E-state index < -0.39 is 0 Å². The predicted molar refractivity (Wildman–Crippen MR) is 72.9 cm³/mol. The lowest BCUT2D eigenvalue weighted by Gasteiger charge is -2.21. The van der Waals surface area contributed by atoms with Gasteiger partial charge in [0.15, 0.2) is 0 Å². The van der Waals surface area contributed by atoms with Crippen LogP contribution in [0.4, 0.5) is 0 Å². The summed E-state index contributed by atoms with van der Waals surface area (Å²) in [6, 6.07) is 10.9. The fourth-order valence-electron chi connectivity index (χ4n) is 4.11. The maximum Gasteiger partial charge on any atom is -0.0279 e. The minimum atomic E-state index is 1.10. The van der Waals surface area contributed by atoms with Crippen LogP contribution in [0.15, 0.2) is 30.3 Å². The highest BCUT2D eigenvalue weighted by atomic mass is 14.4. The van der Waals surface area contributed by atoms with Gasteiger partial charge in [0.25, 0.3) is 0 Å². The molecule has 2 aliphatic rings. The molecule has 3 unspecified atom stereocenters. The van der Waals surface area contributed by atoms with E-state index in [4.69, 9.17) is 0 Å². The lowest BCUT2D eigenvalue weighted by molar-refractivity contribution is 0.306. The maximum absolute atomic E-state index is 2.26. The zero-order valence-electron chi connectivity index (χ0n) is 10.8. The predicted octanol–water partition coefficient (Wildman–Crippen LogP) is 4.84. The van der Waals surface area contributed by atoms with Crippen LogP contribution in [0.5, 0.6) is 0 Å². The van der Waals surface area contributed by atoms with E-state index in [1.54, 1.807) is 25.7 Å². The molecule has 3 atom stereocenters. The SMILES string of the molecule is c1ccc(CCCCC2CC3CCC2C3)cc1. The summed E-state index contributed by atoms with van der Waals surface area (Å²) in [6.07, 6.45) is 11.9. The molecule has 92 valence electrons.